The van der Waals surface area contributed by atoms with E-state index in [0.717, 1.165) is 0 Å². The van der Waals surface area contributed by atoms with E-state index in [1.165, 1.54) is 12.4 Å². The van der Waals surface area contributed by atoms with Gasteiger partial charge in [0.05, 0.1) is 23.7 Å². The maximum Gasteiger partial charge on any atom is 0.238 e. The van der Waals surface area contributed by atoms with Gasteiger partial charge in [-0.3, -0.25) is 4.79 Å². The summed E-state index contributed by atoms with van der Waals surface area (Å²) in [5.74, 6) is 0.0846. The number of pyridine rings is 1. The number of hydrogen-bond donors (Lipinski definition) is 4. The monoisotopic (exact) mass is 475 g/mol. The molecule has 1 aromatic carbocycles. The van der Waals surface area contributed by atoms with Gasteiger partial charge in [-0.2, -0.15) is 4.98 Å². The predicted octanol–water partition coefficient (Wildman–Crippen LogP) is 3.09. The van der Waals surface area contributed by atoms with Crippen LogP contribution in [0.3, 0.4) is 0 Å². The van der Waals surface area contributed by atoms with E-state index in [-0.39, 0.29) is 40.0 Å². The molecule has 1 amide bonds. The maximum absolute atomic E-state index is 12.6. The highest BCUT2D eigenvalue weighted by Gasteiger charge is 2.24. The van der Waals surface area contributed by atoms with Crippen LogP contribution in [0.2, 0.25) is 5.02 Å². The number of carbonyl (C=O) groups is 1. The number of benzene rings is 1. The summed E-state index contributed by atoms with van der Waals surface area (Å²) in [7, 11) is -3.64. The third kappa shape index (κ3) is 5.49. The Balaban J connectivity index is 1.87. The Morgan fingerprint density at radius 3 is 2.59 bits per heavy atom. The molecule has 2 aromatic heterocycles. The molecular formula is C20H22ClN7O3S. The lowest BCUT2D eigenvalue weighted by atomic mass is 10.2. The van der Waals surface area contributed by atoms with Crippen molar-refractivity contribution in [2.24, 2.45) is 5.73 Å². The molecule has 3 rings (SSSR count). The molecule has 0 unspecified atom stereocenters. The zero-order valence-corrected chi connectivity index (χ0v) is 18.9. The zero-order valence-electron chi connectivity index (χ0n) is 17.3. The number of hydrogen-bond acceptors (Lipinski definition) is 9. The molecule has 0 radical (unpaired) electrons. The molecule has 0 spiro atoms. The van der Waals surface area contributed by atoms with Crippen LogP contribution < -0.4 is 21.7 Å². The first-order valence-electron chi connectivity index (χ1n) is 9.56. The Kier molecular flexibility index (Phi) is 7.23. The highest BCUT2D eigenvalue weighted by atomic mass is 35.5. The first kappa shape index (κ1) is 23.4. The number of anilines is 5. The van der Waals surface area contributed by atoms with Gasteiger partial charge in [0.1, 0.15) is 5.02 Å². The second-order valence-corrected chi connectivity index (χ2v) is 9.75. The van der Waals surface area contributed by atoms with Gasteiger partial charge in [0.2, 0.25) is 11.9 Å². The van der Waals surface area contributed by atoms with E-state index >= 15 is 0 Å². The van der Waals surface area contributed by atoms with Crippen LogP contribution >= 0.6 is 11.6 Å². The topological polar surface area (TPSA) is 152 Å². The number of sulfone groups is 1. The van der Waals surface area contributed by atoms with Gasteiger partial charge in [-0.1, -0.05) is 17.7 Å². The minimum absolute atomic E-state index is 0.0949. The summed E-state index contributed by atoms with van der Waals surface area (Å²) in [5.41, 5.74) is 6.73. The van der Waals surface area contributed by atoms with Crippen LogP contribution in [0.4, 0.5) is 28.8 Å². The minimum atomic E-state index is -3.64. The lowest BCUT2D eigenvalue weighted by Crippen LogP contribution is -2.21. The molecular weight excluding hydrogens is 454 g/mol. The molecule has 0 saturated heterocycles. The number of nitrogens with zero attached hydrogens (tertiary/aromatic N) is 3. The second-order valence-electron chi connectivity index (χ2n) is 6.92. The van der Waals surface area contributed by atoms with Crippen molar-refractivity contribution in [3.63, 3.8) is 0 Å². The Morgan fingerprint density at radius 1 is 1.12 bits per heavy atom. The molecule has 0 bridgehead atoms. The zero-order chi connectivity index (χ0) is 23.3. The van der Waals surface area contributed by atoms with Crippen molar-refractivity contribution in [1.82, 2.24) is 15.0 Å². The van der Waals surface area contributed by atoms with Gasteiger partial charge in [-0.05, 0) is 44.2 Å². The molecule has 3 aromatic rings. The van der Waals surface area contributed by atoms with E-state index in [0.29, 0.717) is 11.4 Å². The Labute approximate surface area is 190 Å². The maximum atomic E-state index is 12.6. The molecule has 0 aliphatic heterocycles. The van der Waals surface area contributed by atoms with Crippen molar-refractivity contribution < 1.29 is 13.2 Å². The normalized spacial score (nSPS) is 11.3. The van der Waals surface area contributed by atoms with E-state index in [1.54, 1.807) is 50.2 Å². The van der Waals surface area contributed by atoms with Gasteiger partial charge in [-0.25, -0.2) is 18.4 Å². The first-order chi connectivity index (χ1) is 15.2. The number of carbonyl (C=O) groups excluding carboxylic acids is 1. The molecule has 0 atom stereocenters. The SMILES string of the molecule is CC(C)S(=O)(=O)c1ncccc1Nc1nc(Nc2cccc(NC(=O)CN)c2)ncc1Cl. The van der Waals surface area contributed by atoms with Crippen LogP contribution in [0, 0.1) is 0 Å². The molecule has 0 saturated carbocycles. The summed E-state index contributed by atoms with van der Waals surface area (Å²) in [4.78, 5) is 24.0. The van der Waals surface area contributed by atoms with Crippen molar-refractivity contribution in [3.05, 3.63) is 53.8 Å². The second kappa shape index (κ2) is 9.90. The Hall–Kier alpha value is -3.28. The lowest BCUT2D eigenvalue weighted by molar-refractivity contribution is -0.114. The van der Waals surface area contributed by atoms with E-state index < -0.39 is 15.1 Å². The van der Waals surface area contributed by atoms with Crippen molar-refractivity contribution in [1.29, 1.82) is 0 Å². The fourth-order valence-corrected chi connectivity index (χ4v) is 3.81. The first-order valence-corrected chi connectivity index (χ1v) is 11.5. The summed E-state index contributed by atoms with van der Waals surface area (Å²) in [6.45, 7) is 3.03. The summed E-state index contributed by atoms with van der Waals surface area (Å²) in [5, 5.41) is 8.06. The number of nitrogens with one attached hydrogen (secondary N) is 3. The molecule has 2 heterocycles. The Bertz CT molecular complexity index is 1240. The summed E-state index contributed by atoms with van der Waals surface area (Å²) >= 11 is 6.23. The quantitative estimate of drug-likeness (QED) is 0.385. The molecule has 32 heavy (non-hydrogen) atoms. The van der Waals surface area contributed by atoms with Crippen LogP contribution in [0.15, 0.2) is 53.8 Å². The average molecular weight is 476 g/mol. The number of nitrogens with two attached hydrogens (primary N) is 1. The van der Waals surface area contributed by atoms with Gasteiger partial charge in [0, 0.05) is 17.6 Å². The fourth-order valence-electron chi connectivity index (χ4n) is 2.59. The molecule has 5 N–H and O–H groups in total. The van der Waals surface area contributed by atoms with Gasteiger partial charge >= 0.3 is 0 Å². The van der Waals surface area contributed by atoms with E-state index in [9.17, 15) is 13.2 Å². The third-order valence-corrected chi connectivity index (χ3v) is 6.63. The van der Waals surface area contributed by atoms with E-state index in [4.69, 9.17) is 17.3 Å². The largest absolute Gasteiger partial charge is 0.336 e. The lowest BCUT2D eigenvalue weighted by Gasteiger charge is -2.14. The highest BCUT2D eigenvalue weighted by molar-refractivity contribution is 7.92. The molecule has 12 heteroatoms. The van der Waals surface area contributed by atoms with Crippen molar-refractivity contribution in [2.45, 2.75) is 24.1 Å². The van der Waals surface area contributed by atoms with Crippen LogP contribution in [-0.4, -0.2) is 41.1 Å². The Morgan fingerprint density at radius 2 is 1.88 bits per heavy atom. The number of halogens is 1. The number of amides is 1. The third-order valence-electron chi connectivity index (χ3n) is 4.25. The molecule has 168 valence electrons. The number of aromatic nitrogens is 3. The summed E-state index contributed by atoms with van der Waals surface area (Å²) in [6.07, 6.45) is 2.79. The van der Waals surface area contributed by atoms with Gasteiger partial charge < -0.3 is 21.7 Å². The average Bonchev–Trinajstić information content (AvgIpc) is 2.76. The minimum Gasteiger partial charge on any atom is -0.336 e. The van der Waals surface area contributed by atoms with Crippen LogP contribution in [0.1, 0.15) is 13.8 Å². The van der Waals surface area contributed by atoms with Gasteiger partial charge in [-0.15, -0.1) is 0 Å². The van der Waals surface area contributed by atoms with E-state index in [1.807, 2.05) is 0 Å². The molecule has 0 aliphatic carbocycles. The predicted molar refractivity (Wildman–Crippen MR) is 124 cm³/mol. The summed E-state index contributed by atoms with van der Waals surface area (Å²) in [6, 6.07) is 10.1. The smallest absolute Gasteiger partial charge is 0.238 e. The van der Waals surface area contributed by atoms with Gasteiger partial charge in [0.25, 0.3) is 0 Å². The van der Waals surface area contributed by atoms with Crippen LogP contribution in [-0.2, 0) is 14.6 Å². The van der Waals surface area contributed by atoms with Crippen LogP contribution in [0.5, 0.6) is 0 Å². The molecule has 0 aliphatic rings. The molecule has 10 nitrogen and oxygen atoms in total. The van der Waals surface area contributed by atoms with Crippen LogP contribution in [0.25, 0.3) is 0 Å². The van der Waals surface area contributed by atoms with Crippen molar-refractivity contribution >= 4 is 56.2 Å². The number of rotatable bonds is 8. The molecule has 0 fully saturated rings. The van der Waals surface area contributed by atoms with Crippen molar-refractivity contribution in [3.8, 4) is 0 Å². The van der Waals surface area contributed by atoms with E-state index in [2.05, 4.69) is 30.9 Å². The summed E-state index contributed by atoms with van der Waals surface area (Å²) < 4.78 is 25.3. The highest BCUT2D eigenvalue weighted by Crippen LogP contribution is 2.29. The standard InChI is InChI=1S/C20H22ClN7O3S/c1-12(2)32(30,31)19-16(7-4-8-23-19)27-18-15(21)11-24-20(28-18)26-14-6-3-5-13(9-14)25-17(29)10-22/h3-9,11-12H,10,22H2,1-2H3,(H,25,29)(H2,24,26,27,28). The fraction of sp³-hybridized carbons (Fsp3) is 0.200. The van der Waals surface area contributed by atoms with Crippen molar-refractivity contribution in [2.75, 3.05) is 22.5 Å². The van der Waals surface area contributed by atoms with Gasteiger partial charge in [0.15, 0.2) is 20.7 Å².